The lowest BCUT2D eigenvalue weighted by Gasteiger charge is -2.17. The molecule has 1 aromatic heterocycles. The molecule has 1 heterocycles. The molecule has 1 atom stereocenters. The number of hydrogen-bond donors (Lipinski definition) is 2. The number of aromatic carboxylic acids is 1. The summed E-state index contributed by atoms with van der Waals surface area (Å²) in [5, 5.41) is 25.7. The first-order valence-corrected chi connectivity index (χ1v) is 5.96. The van der Waals surface area contributed by atoms with Crippen molar-refractivity contribution in [3.05, 3.63) is 22.0 Å². The van der Waals surface area contributed by atoms with E-state index in [0.717, 1.165) is 10.9 Å². The van der Waals surface area contributed by atoms with Gasteiger partial charge >= 0.3 is 11.7 Å². The van der Waals surface area contributed by atoms with E-state index in [2.05, 4.69) is 10.4 Å². The third kappa shape index (κ3) is 3.77. The van der Waals surface area contributed by atoms with Gasteiger partial charge in [-0.3, -0.25) is 19.6 Å². The Balaban J connectivity index is 2.83. The zero-order chi connectivity index (χ0) is 15.4. The summed E-state index contributed by atoms with van der Waals surface area (Å²) in [6, 6.07) is -0.0630. The molecule has 9 nitrogen and oxygen atoms in total. The number of aromatic nitrogens is 2. The third-order valence-electron chi connectivity index (χ3n) is 2.84. The van der Waals surface area contributed by atoms with Crippen molar-refractivity contribution in [1.82, 2.24) is 15.1 Å². The van der Waals surface area contributed by atoms with E-state index in [1.165, 1.54) is 0 Å². The lowest BCUT2D eigenvalue weighted by Crippen LogP contribution is -2.38. The van der Waals surface area contributed by atoms with Crippen LogP contribution in [0.15, 0.2) is 6.20 Å². The largest absolute Gasteiger partial charge is 0.476 e. The van der Waals surface area contributed by atoms with Gasteiger partial charge in [0.05, 0.1) is 4.92 Å². The minimum atomic E-state index is -1.51. The van der Waals surface area contributed by atoms with Gasteiger partial charge in [0.15, 0.2) is 0 Å². The van der Waals surface area contributed by atoms with E-state index in [0.29, 0.717) is 0 Å². The summed E-state index contributed by atoms with van der Waals surface area (Å²) in [7, 11) is 0. The molecule has 0 fully saturated rings. The number of nitrogens with one attached hydrogen (secondary N) is 1. The molecule has 0 saturated carbocycles. The van der Waals surface area contributed by atoms with Crippen LogP contribution in [-0.4, -0.2) is 37.7 Å². The first-order chi connectivity index (χ1) is 9.22. The van der Waals surface area contributed by atoms with Gasteiger partial charge in [-0.15, -0.1) is 0 Å². The van der Waals surface area contributed by atoms with Gasteiger partial charge < -0.3 is 10.4 Å². The maximum absolute atomic E-state index is 11.7. The summed E-state index contributed by atoms with van der Waals surface area (Å²) >= 11 is 0. The molecular weight excluding hydrogens is 268 g/mol. The first kappa shape index (κ1) is 15.6. The number of carboxylic acids is 1. The van der Waals surface area contributed by atoms with Crippen LogP contribution in [0.1, 0.15) is 31.3 Å². The Labute approximate surface area is 114 Å². The van der Waals surface area contributed by atoms with Crippen LogP contribution in [0.4, 0.5) is 5.69 Å². The van der Waals surface area contributed by atoms with Gasteiger partial charge in [0.25, 0.3) is 0 Å². The van der Waals surface area contributed by atoms with Crippen molar-refractivity contribution in [2.45, 2.75) is 33.4 Å². The molecular formula is C11H16N4O5. The fourth-order valence-electron chi connectivity index (χ4n) is 1.39. The van der Waals surface area contributed by atoms with Gasteiger partial charge in [-0.1, -0.05) is 13.8 Å². The number of carbonyl (C=O) groups excluding carboxylic acids is 1. The summed E-state index contributed by atoms with van der Waals surface area (Å²) in [5.41, 5.74) is -1.32. The highest BCUT2D eigenvalue weighted by molar-refractivity contribution is 5.90. The summed E-state index contributed by atoms with van der Waals surface area (Å²) in [5.74, 6) is -1.66. The number of hydrogen-bond acceptors (Lipinski definition) is 5. The number of carbonyl (C=O) groups is 2. The second-order valence-corrected chi connectivity index (χ2v) is 4.72. The van der Waals surface area contributed by atoms with E-state index in [4.69, 9.17) is 5.11 Å². The second kappa shape index (κ2) is 6.13. The van der Waals surface area contributed by atoms with Crippen LogP contribution in [0.3, 0.4) is 0 Å². The van der Waals surface area contributed by atoms with Crippen LogP contribution >= 0.6 is 0 Å². The lowest BCUT2D eigenvalue weighted by molar-refractivity contribution is -0.385. The Morgan fingerprint density at radius 1 is 1.50 bits per heavy atom. The van der Waals surface area contributed by atoms with Gasteiger partial charge in [0, 0.05) is 6.04 Å². The predicted molar refractivity (Wildman–Crippen MR) is 68.3 cm³/mol. The van der Waals surface area contributed by atoms with Crippen molar-refractivity contribution in [1.29, 1.82) is 0 Å². The lowest BCUT2D eigenvalue weighted by atomic mass is 10.1. The van der Waals surface area contributed by atoms with Crippen LogP contribution in [0, 0.1) is 16.0 Å². The smallest absolute Gasteiger partial charge is 0.363 e. The van der Waals surface area contributed by atoms with Crippen LogP contribution in [-0.2, 0) is 11.3 Å². The Kier molecular flexibility index (Phi) is 4.78. The first-order valence-electron chi connectivity index (χ1n) is 5.96. The Morgan fingerprint density at radius 2 is 2.10 bits per heavy atom. The van der Waals surface area contributed by atoms with Crippen molar-refractivity contribution in [2.24, 2.45) is 5.92 Å². The summed E-state index contributed by atoms with van der Waals surface area (Å²) < 4.78 is 0.948. The normalized spacial score (nSPS) is 12.2. The van der Waals surface area contributed by atoms with Gasteiger partial charge in [-0.05, 0) is 12.8 Å². The van der Waals surface area contributed by atoms with Crippen molar-refractivity contribution in [2.75, 3.05) is 0 Å². The summed E-state index contributed by atoms with van der Waals surface area (Å²) in [6.07, 6.45) is 0.934. The molecule has 110 valence electrons. The minimum Gasteiger partial charge on any atom is -0.476 e. The van der Waals surface area contributed by atoms with Gasteiger partial charge in [-0.2, -0.15) is 5.10 Å². The van der Waals surface area contributed by atoms with Gasteiger partial charge in [0.1, 0.15) is 12.7 Å². The molecule has 9 heteroatoms. The molecule has 0 aliphatic carbocycles. The van der Waals surface area contributed by atoms with E-state index in [1.807, 2.05) is 20.8 Å². The van der Waals surface area contributed by atoms with Crippen molar-refractivity contribution in [3.63, 3.8) is 0 Å². The van der Waals surface area contributed by atoms with E-state index in [-0.39, 0.29) is 24.4 Å². The van der Waals surface area contributed by atoms with E-state index < -0.39 is 22.3 Å². The summed E-state index contributed by atoms with van der Waals surface area (Å²) in [6.45, 7) is 5.43. The zero-order valence-corrected chi connectivity index (χ0v) is 11.4. The molecule has 0 radical (unpaired) electrons. The molecule has 0 bridgehead atoms. The van der Waals surface area contributed by atoms with Crippen molar-refractivity contribution in [3.8, 4) is 0 Å². The van der Waals surface area contributed by atoms with E-state index in [9.17, 15) is 19.7 Å². The molecule has 1 amide bonds. The van der Waals surface area contributed by atoms with Gasteiger partial charge in [0.2, 0.25) is 11.6 Å². The minimum absolute atomic E-state index is 0.0630. The molecule has 1 unspecified atom stereocenters. The van der Waals surface area contributed by atoms with Crippen LogP contribution in [0.2, 0.25) is 0 Å². The maximum Gasteiger partial charge on any atom is 0.363 e. The number of carboxylic acid groups (broad SMARTS) is 1. The zero-order valence-electron chi connectivity index (χ0n) is 11.4. The Hall–Kier alpha value is -2.45. The quantitative estimate of drug-likeness (QED) is 0.583. The average molecular weight is 284 g/mol. The topological polar surface area (TPSA) is 127 Å². The molecule has 0 saturated heterocycles. The second-order valence-electron chi connectivity index (χ2n) is 4.72. The third-order valence-corrected chi connectivity index (χ3v) is 2.84. The van der Waals surface area contributed by atoms with Gasteiger partial charge in [-0.25, -0.2) is 4.79 Å². The van der Waals surface area contributed by atoms with Crippen LogP contribution in [0.5, 0.6) is 0 Å². The number of amides is 1. The number of rotatable bonds is 6. The monoisotopic (exact) mass is 284 g/mol. The molecule has 1 rings (SSSR count). The standard InChI is InChI=1S/C11H16N4O5/c1-6(2)7(3)12-9(16)5-14-4-8(15(19)20)10(13-14)11(17)18/h4,6-7H,5H2,1-3H3,(H,12,16)(H,17,18). The highest BCUT2D eigenvalue weighted by Crippen LogP contribution is 2.16. The fourth-order valence-corrected chi connectivity index (χ4v) is 1.39. The molecule has 0 aliphatic rings. The Morgan fingerprint density at radius 3 is 2.50 bits per heavy atom. The van der Waals surface area contributed by atoms with E-state index >= 15 is 0 Å². The SMILES string of the molecule is CC(C)C(C)NC(=O)Cn1cc([N+](=O)[O-])c(C(=O)O)n1. The van der Waals surface area contributed by atoms with E-state index in [1.54, 1.807) is 0 Å². The van der Waals surface area contributed by atoms with Crippen molar-refractivity contribution < 1.29 is 19.6 Å². The molecule has 0 aromatic carbocycles. The Bertz CT molecular complexity index is 505. The summed E-state index contributed by atoms with van der Waals surface area (Å²) in [4.78, 5) is 32.3. The molecule has 20 heavy (non-hydrogen) atoms. The number of nitro groups is 1. The molecule has 1 aromatic rings. The number of nitrogens with zero attached hydrogens (tertiary/aromatic N) is 3. The highest BCUT2D eigenvalue weighted by atomic mass is 16.6. The predicted octanol–water partition coefficient (Wildman–Crippen LogP) is 0.650. The average Bonchev–Trinajstić information content (AvgIpc) is 2.72. The molecule has 0 spiro atoms. The maximum atomic E-state index is 11.7. The molecule has 0 aliphatic heterocycles. The molecule has 2 N–H and O–H groups in total. The highest BCUT2D eigenvalue weighted by Gasteiger charge is 2.25. The van der Waals surface area contributed by atoms with Crippen LogP contribution in [0.25, 0.3) is 0 Å². The van der Waals surface area contributed by atoms with Crippen molar-refractivity contribution >= 4 is 17.6 Å². The van der Waals surface area contributed by atoms with Crippen LogP contribution < -0.4 is 5.32 Å². The fraction of sp³-hybridized carbons (Fsp3) is 0.545.